The molecular formula is C21H19FN6O. The number of ether oxygens (including phenoxy) is 1. The number of hydrogen-bond donors (Lipinski definition) is 1. The van der Waals surface area contributed by atoms with Gasteiger partial charge in [0.05, 0.1) is 47.6 Å². The highest BCUT2D eigenvalue weighted by molar-refractivity contribution is 5.90. The monoisotopic (exact) mass is 390 g/mol. The Hall–Kier alpha value is -3.31. The molecular weight excluding hydrogens is 371 g/mol. The van der Waals surface area contributed by atoms with E-state index in [0.29, 0.717) is 23.4 Å². The number of morpholine rings is 1. The number of nitrogens with one attached hydrogen (secondary N) is 1. The first-order valence-electron chi connectivity index (χ1n) is 9.59. The normalized spacial score (nSPS) is 21.3. The molecule has 3 aromatic rings. The van der Waals surface area contributed by atoms with Crippen LogP contribution in [-0.4, -0.2) is 40.5 Å². The Morgan fingerprint density at radius 2 is 2.10 bits per heavy atom. The zero-order valence-electron chi connectivity index (χ0n) is 15.8. The largest absolute Gasteiger partial charge is 0.377 e. The molecule has 0 aliphatic carbocycles. The second kappa shape index (κ2) is 6.94. The number of halogens is 1. The minimum absolute atomic E-state index is 0.0312. The van der Waals surface area contributed by atoms with Gasteiger partial charge in [0.25, 0.3) is 0 Å². The number of anilines is 2. The van der Waals surface area contributed by atoms with Crippen molar-refractivity contribution in [2.24, 2.45) is 0 Å². The van der Waals surface area contributed by atoms with Gasteiger partial charge in [-0.05, 0) is 19.1 Å². The third kappa shape index (κ3) is 3.13. The van der Waals surface area contributed by atoms with Gasteiger partial charge in [-0.2, -0.15) is 10.4 Å². The molecule has 6 rings (SSSR count). The molecule has 0 amide bonds. The lowest BCUT2D eigenvalue weighted by Gasteiger charge is -2.47. The van der Waals surface area contributed by atoms with Gasteiger partial charge in [0, 0.05) is 30.5 Å². The quantitative estimate of drug-likeness (QED) is 0.732. The van der Waals surface area contributed by atoms with Gasteiger partial charge in [-0.15, -0.1) is 5.10 Å². The molecule has 3 aliphatic heterocycles. The summed E-state index contributed by atoms with van der Waals surface area (Å²) in [5, 5.41) is 21.3. The average molecular weight is 390 g/mol. The molecule has 0 saturated carbocycles. The van der Waals surface area contributed by atoms with Crippen molar-refractivity contribution < 1.29 is 9.13 Å². The molecule has 1 N–H and O–H groups in total. The van der Waals surface area contributed by atoms with Gasteiger partial charge >= 0.3 is 0 Å². The SMILES string of the molecule is C[C@@H](Nc1cnnc2ncc(N3CC4CC(C3)O4)cc12)c1cccc(C#N)c1F. The maximum Gasteiger partial charge on any atom is 0.183 e. The maximum atomic E-state index is 14.6. The van der Waals surface area contributed by atoms with Crippen LogP contribution in [0, 0.1) is 17.1 Å². The Kier molecular flexibility index (Phi) is 4.25. The van der Waals surface area contributed by atoms with Gasteiger partial charge in [-0.25, -0.2) is 9.37 Å². The highest BCUT2D eigenvalue weighted by Gasteiger charge is 2.38. The van der Waals surface area contributed by atoms with Crippen molar-refractivity contribution >= 4 is 22.4 Å². The van der Waals surface area contributed by atoms with Crippen molar-refractivity contribution in [3.05, 3.63) is 53.6 Å². The first-order chi connectivity index (χ1) is 14.1. The number of piperidine rings is 1. The Balaban J connectivity index is 1.47. The zero-order valence-corrected chi connectivity index (χ0v) is 15.8. The van der Waals surface area contributed by atoms with Gasteiger partial charge in [0.15, 0.2) is 5.65 Å². The molecule has 5 heterocycles. The molecule has 7 nitrogen and oxygen atoms in total. The second-order valence-electron chi connectivity index (χ2n) is 7.53. The summed E-state index contributed by atoms with van der Waals surface area (Å²) in [6.45, 7) is 3.56. The Labute approximate surface area is 167 Å². The van der Waals surface area contributed by atoms with Crippen LogP contribution in [0.3, 0.4) is 0 Å². The summed E-state index contributed by atoms with van der Waals surface area (Å²) < 4.78 is 20.3. The van der Waals surface area contributed by atoms with Gasteiger partial charge in [0.2, 0.25) is 0 Å². The predicted molar refractivity (Wildman–Crippen MR) is 106 cm³/mol. The molecule has 3 fully saturated rings. The number of pyridine rings is 1. The molecule has 146 valence electrons. The highest BCUT2D eigenvalue weighted by atomic mass is 19.1. The summed E-state index contributed by atoms with van der Waals surface area (Å²) in [6.07, 6.45) is 5.15. The fraction of sp³-hybridized carbons (Fsp3) is 0.333. The third-order valence-corrected chi connectivity index (χ3v) is 5.59. The van der Waals surface area contributed by atoms with Crippen molar-refractivity contribution in [2.75, 3.05) is 23.3 Å². The van der Waals surface area contributed by atoms with E-state index in [1.807, 2.05) is 25.3 Å². The van der Waals surface area contributed by atoms with Gasteiger partial charge in [-0.1, -0.05) is 12.1 Å². The van der Waals surface area contributed by atoms with E-state index in [1.165, 1.54) is 6.07 Å². The van der Waals surface area contributed by atoms with Crippen LogP contribution in [0.4, 0.5) is 15.8 Å². The topological polar surface area (TPSA) is 87.0 Å². The van der Waals surface area contributed by atoms with E-state index in [-0.39, 0.29) is 11.6 Å². The van der Waals surface area contributed by atoms with Crippen LogP contribution in [-0.2, 0) is 4.74 Å². The molecule has 0 spiro atoms. The van der Waals surface area contributed by atoms with Crippen LogP contribution in [0.2, 0.25) is 0 Å². The van der Waals surface area contributed by atoms with Crippen LogP contribution in [0.1, 0.15) is 30.5 Å². The molecule has 8 heteroatoms. The Morgan fingerprint density at radius 1 is 1.31 bits per heavy atom. The molecule has 3 saturated heterocycles. The molecule has 29 heavy (non-hydrogen) atoms. The maximum absolute atomic E-state index is 14.6. The second-order valence-corrected chi connectivity index (χ2v) is 7.53. The number of hydrogen-bond acceptors (Lipinski definition) is 7. The Morgan fingerprint density at radius 3 is 2.86 bits per heavy atom. The van der Waals surface area contributed by atoms with E-state index >= 15 is 0 Å². The first kappa shape index (κ1) is 17.8. The van der Waals surface area contributed by atoms with E-state index in [9.17, 15) is 4.39 Å². The minimum atomic E-state index is -0.507. The summed E-state index contributed by atoms with van der Waals surface area (Å²) in [7, 11) is 0. The fourth-order valence-corrected chi connectivity index (χ4v) is 4.07. The summed E-state index contributed by atoms with van der Waals surface area (Å²) in [4.78, 5) is 6.74. The van der Waals surface area contributed by atoms with E-state index in [1.54, 1.807) is 18.3 Å². The molecule has 0 radical (unpaired) electrons. The van der Waals surface area contributed by atoms with Crippen LogP contribution < -0.4 is 10.2 Å². The molecule has 3 atom stereocenters. The first-order valence-corrected chi connectivity index (χ1v) is 9.59. The van der Waals surface area contributed by atoms with Crippen molar-refractivity contribution in [3.63, 3.8) is 0 Å². The summed E-state index contributed by atoms with van der Waals surface area (Å²) in [6, 6.07) is 8.39. The predicted octanol–water partition coefficient (Wildman–Crippen LogP) is 3.19. The number of benzene rings is 1. The van der Waals surface area contributed by atoms with Crippen molar-refractivity contribution in [1.29, 1.82) is 5.26 Å². The molecule has 2 bridgehead atoms. The van der Waals surface area contributed by atoms with Crippen molar-refractivity contribution in [1.82, 2.24) is 15.2 Å². The summed E-state index contributed by atoms with van der Waals surface area (Å²) in [5.41, 5.74) is 2.71. The van der Waals surface area contributed by atoms with Crippen LogP contribution >= 0.6 is 0 Å². The van der Waals surface area contributed by atoms with Crippen molar-refractivity contribution in [3.8, 4) is 6.07 Å². The lowest BCUT2D eigenvalue weighted by molar-refractivity contribution is -0.133. The molecule has 1 aromatic carbocycles. The van der Waals surface area contributed by atoms with E-state index in [0.717, 1.165) is 36.3 Å². The number of aromatic nitrogens is 3. The molecule has 2 unspecified atom stereocenters. The number of rotatable bonds is 4. The lowest BCUT2D eigenvalue weighted by atomic mass is 9.98. The van der Waals surface area contributed by atoms with Crippen LogP contribution in [0.25, 0.3) is 11.0 Å². The Bertz CT molecular complexity index is 1110. The van der Waals surface area contributed by atoms with Crippen molar-refractivity contribution in [2.45, 2.75) is 31.6 Å². The smallest absolute Gasteiger partial charge is 0.183 e. The summed E-state index contributed by atoms with van der Waals surface area (Å²) >= 11 is 0. The standard InChI is InChI=1S/C21H19FN6O/c1-12(17-4-2-3-13(7-23)20(17)22)26-19-9-25-27-21-18(19)5-14(8-24-21)28-10-15-6-16(11-28)29-15/h2-5,8-9,12,15-16H,6,10-11H2,1H3,(H,24,26,27)/t12-,15?,16?/m1/s1. The molecule has 3 aliphatic rings. The number of nitriles is 1. The minimum Gasteiger partial charge on any atom is -0.377 e. The lowest BCUT2D eigenvalue weighted by Crippen LogP contribution is -2.57. The highest BCUT2D eigenvalue weighted by Crippen LogP contribution is 2.33. The fourth-order valence-electron chi connectivity index (χ4n) is 4.07. The summed E-state index contributed by atoms with van der Waals surface area (Å²) in [5.74, 6) is -0.507. The number of fused-ring (bicyclic) bond motifs is 3. The third-order valence-electron chi connectivity index (χ3n) is 5.59. The van der Waals surface area contributed by atoms with Gasteiger partial charge < -0.3 is 15.0 Å². The van der Waals surface area contributed by atoms with Gasteiger partial charge in [-0.3, -0.25) is 0 Å². The van der Waals surface area contributed by atoms with Crippen LogP contribution in [0.15, 0.2) is 36.7 Å². The zero-order chi connectivity index (χ0) is 20.0. The van der Waals surface area contributed by atoms with E-state index in [4.69, 9.17) is 10.00 Å². The van der Waals surface area contributed by atoms with E-state index < -0.39 is 5.82 Å². The average Bonchev–Trinajstić information content (AvgIpc) is 2.73. The molecule has 2 aromatic heterocycles. The van der Waals surface area contributed by atoms with Crippen LogP contribution in [0.5, 0.6) is 0 Å². The number of nitrogens with zero attached hydrogens (tertiary/aromatic N) is 5. The van der Waals surface area contributed by atoms with E-state index in [2.05, 4.69) is 25.4 Å². The van der Waals surface area contributed by atoms with Gasteiger partial charge in [0.1, 0.15) is 11.9 Å².